The highest BCUT2D eigenvalue weighted by Gasteiger charge is 2.32. The maximum atomic E-state index is 13.0. The summed E-state index contributed by atoms with van der Waals surface area (Å²) in [6.07, 6.45) is 0.443. The highest BCUT2D eigenvalue weighted by Crippen LogP contribution is 2.19. The van der Waals surface area contributed by atoms with Crippen molar-refractivity contribution in [2.45, 2.75) is 25.5 Å². The third-order valence-electron chi connectivity index (χ3n) is 2.65. The molecule has 1 saturated heterocycles. The van der Waals surface area contributed by atoms with Gasteiger partial charge < -0.3 is 15.4 Å². The van der Waals surface area contributed by atoms with Gasteiger partial charge >= 0.3 is 5.97 Å². The highest BCUT2D eigenvalue weighted by molar-refractivity contribution is 7.80. The SMILES string of the molecule is C[C@@H]1C[C@@H](NC(=S)Nc2ccc(F)c(Cl)c2)C(=O)O1. The second kappa shape index (κ2) is 5.71. The molecule has 2 atom stereocenters. The van der Waals surface area contributed by atoms with Crippen LogP contribution in [0.25, 0.3) is 0 Å². The van der Waals surface area contributed by atoms with E-state index in [1.807, 2.05) is 6.92 Å². The second-order valence-corrected chi connectivity index (χ2v) is 5.08. The smallest absolute Gasteiger partial charge is 0.329 e. The summed E-state index contributed by atoms with van der Waals surface area (Å²) in [7, 11) is 0. The summed E-state index contributed by atoms with van der Waals surface area (Å²) in [5, 5.41) is 5.95. The van der Waals surface area contributed by atoms with Crippen LogP contribution in [0.15, 0.2) is 18.2 Å². The third-order valence-corrected chi connectivity index (χ3v) is 3.16. The predicted octanol–water partition coefficient (Wildman–Crippen LogP) is 2.47. The lowest BCUT2D eigenvalue weighted by Gasteiger charge is -2.13. The van der Waals surface area contributed by atoms with E-state index in [4.69, 9.17) is 28.6 Å². The zero-order chi connectivity index (χ0) is 14.0. The van der Waals surface area contributed by atoms with Crippen molar-refractivity contribution in [2.75, 3.05) is 5.32 Å². The molecule has 7 heteroatoms. The van der Waals surface area contributed by atoms with Gasteiger partial charge in [0, 0.05) is 12.1 Å². The van der Waals surface area contributed by atoms with E-state index in [-0.39, 0.29) is 22.2 Å². The van der Waals surface area contributed by atoms with E-state index < -0.39 is 11.9 Å². The molecule has 0 saturated carbocycles. The number of anilines is 1. The molecule has 0 radical (unpaired) electrons. The molecule has 0 amide bonds. The number of esters is 1. The van der Waals surface area contributed by atoms with E-state index in [9.17, 15) is 9.18 Å². The van der Waals surface area contributed by atoms with Crippen molar-refractivity contribution < 1.29 is 13.9 Å². The molecule has 0 spiro atoms. The number of nitrogens with one attached hydrogen (secondary N) is 2. The first kappa shape index (κ1) is 14.0. The Morgan fingerprint density at radius 3 is 2.89 bits per heavy atom. The molecule has 102 valence electrons. The Bertz CT molecular complexity index is 526. The maximum Gasteiger partial charge on any atom is 0.329 e. The number of carbonyl (C=O) groups is 1. The van der Waals surface area contributed by atoms with Gasteiger partial charge in [0.1, 0.15) is 18.0 Å². The Labute approximate surface area is 120 Å². The molecule has 1 fully saturated rings. The van der Waals surface area contributed by atoms with Crippen molar-refractivity contribution in [3.63, 3.8) is 0 Å². The van der Waals surface area contributed by atoms with Crippen LogP contribution in [0.3, 0.4) is 0 Å². The number of thiocarbonyl (C=S) groups is 1. The molecule has 1 aliphatic rings. The normalized spacial score (nSPS) is 21.9. The number of carbonyl (C=O) groups excluding carboxylic acids is 1. The number of hydrogen-bond acceptors (Lipinski definition) is 3. The fraction of sp³-hybridized carbons (Fsp3) is 0.333. The standard InChI is InChI=1S/C12H12ClFN2O2S/c1-6-4-10(11(17)18-6)16-12(19)15-7-2-3-9(14)8(13)5-7/h2-3,5-6,10H,4H2,1H3,(H2,15,16,19)/t6-,10-/m1/s1. The van der Waals surface area contributed by atoms with Gasteiger partial charge in [0.05, 0.1) is 5.02 Å². The summed E-state index contributed by atoms with van der Waals surface area (Å²) in [6.45, 7) is 1.82. The zero-order valence-corrected chi connectivity index (χ0v) is 11.6. The molecular weight excluding hydrogens is 291 g/mol. The van der Waals surface area contributed by atoms with Gasteiger partial charge in [-0.25, -0.2) is 9.18 Å². The largest absolute Gasteiger partial charge is 0.461 e. The van der Waals surface area contributed by atoms with Crippen LogP contribution in [-0.2, 0) is 9.53 Å². The summed E-state index contributed by atoms with van der Waals surface area (Å²) >= 11 is 10.7. The average molecular weight is 303 g/mol. The molecule has 4 nitrogen and oxygen atoms in total. The van der Waals surface area contributed by atoms with E-state index in [2.05, 4.69) is 10.6 Å². The monoisotopic (exact) mass is 302 g/mol. The Morgan fingerprint density at radius 1 is 1.58 bits per heavy atom. The van der Waals surface area contributed by atoms with Crippen molar-refractivity contribution >= 4 is 40.6 Å². The summed E-state index contributed by atoms with van der Waals surface area (Å²) in [5.74, 6) is -0.826. The van der Waals surface area contributed by atoms with Gasteiger partial charge in [0.15, 0.2) is 5.11 Å². The molecule has 0 unspecified atom stereocenters. The van der Waals surface area contributed by atoms with Crippen LogP contribution in [0.5, 0.6) is 0 Å². The first-order valence-corrected chi connectivity index (χ1v) is 6.47. The summed E-state index contributed by atoms with van der Waals surface area (Å²) in [6, 6.07) is 3.70. The van der Waals surface area contributed by atoms with Crippen molar-refractivity contribution in [3.8, 4) is 0 Å². The summed E-state index contributed by atoms with van der Waals surface area (Å²) in [5.41, 5.74) is 0.545. The first-order valence-electron chi connectivity index (χ1n) is 5.69. The lowest BCUT2D eigenvalue weighted by Crippen LogP contribution is -2.40. The molecule has 0 bridgehead atoms. The molecule has 1 aliphatic heterocycles. The number of benzene rings is 1. The first-order chi connectivity index (χ1) is 8.95. The van der Waals surface area contributed by atoms with E-state index in [0.29, 0.717) is 12.1 Å². The quantitative estimate of drug-likeness (QED) is 0.649. The van der Waals surface area contributed by atoms with E-state index in [0.717, 1.165) is 0 Å². The van der Waals surface area contributed by atoms with Crippen LogP contribution >= 0.6 is 23.8 Å². The molecule has 1 aromatic carbocycles. The Kier molecular flexibility index (Phi) is 4.21. The average Bonchev–Trinajstić information content (AvgIpc) is 2.62. The molecule has 2 rings (SSSR count). The summed E-state index contributed by atoms with van der Waals surface area (Å²) in [4.78, 5) is 11.4. The van der Waals surface area contributed by atoms with Gasteiger partial charge in [0.25, 0.3) is 0 Å². The Morgan fingerprint density at radius 2 is 2.32 bits per heavy atom. The van der Waals surface area contributed by atoms with Crippen molar-refractivity contribution in [1.29, 1.82) is 0 Å². The maximum absolute atomic E-state index is 13.0. The lowest BCUT2D eigenvalue weighted by molar-refractivity contribution is -0.142. The van der Waals surface area contributed by atoms with Gasteiger partial charge in [-0.05, 0) is 37.3 Å². The molecule has 2 N–H and O–H groups in total. The van der Waals surface area contributed by atoms with Crippen LogP contribution in [-0.4, -0.2) is 23.2 Å². The van der Waals surface area contributed by atoms with Crippen LogP contribution in [0.4, 0.5) is 10.1 Å². The number of rotatable bonds is 2. The molecular formula is C12H12ClFN2O2S. The number of hydrogen-bond donors (Lipinski definition) is 2. The van der Waals surface area contributed by atoms with Crippen molar-refractivity contribution in [3.05, 3.63) is 29.0 Å². The molecule has 0 aliphatic carbocycles. The van der Waals surface area contributed by atoms with Crippen LogP contribution < -0.4 is 10.6 Å². The minimum atomic E-state index is -0.501. The van der Waals surface area contributed by atoms with Gasteiger partial charge in [-0.1, -0.05) is 11.6 Å². The van der Waals surface area contributed by atoms with Crippen LogP contribution in [0.1, 0.15) is 13.3 Å². The second-order valence-electron chi connectivity index (χ2n) is 4.26. The molecule has 0 aromatic heterocycles. The third kappa shape index (κ3) is 3.54. The Balaban J connectivity index is 1.94. The van der Waals surface area contributed by atoms with Crippen molar-refractivity contribution in [1.82, 2.24) is 5.32 Å². The van der Waals surface area contributed by atoms with Crippen LogP contribution in [0.2, 0.25) is 5.02 Å². The summed E-state index contributed by atoms with van der Waals surface area (Å²) < 4.78 is 18.0. The van der Waals surface area contributed by atoms with Gasteiger partial charge in [-0.3, -0.25) is 0 Å². The number of ether oxygens (including phenoxy) is 1. The fourth-order valence-electron chi connectivity index (χ4n) is 1.77. The van der Waals surface area contributed by atoms with Gasteiger partial charge in [-0.2, -0.15) is 0 Å². The predicted molar refractivity (Wildman–Crippen MR) is 74.7 cm³/mol. The van der Waals surface area contributed by atoms with E-state index >= 15 is 0 Å². The van der Waals surface area contributed by atoms with Gasteiger partial charge in [-0.15, -0.1) is 0 Å². The minimum absolute atomic E-state index is 0.00157. The van der Waals surface area contributed by atoms with E-state index in [1.165, 1.54) is 18.2 Å². The fourth-order valence-corrected chi connectivity index (χ4v) is 2.21. The lowest BCUT2D eigenvalue weighted by atomic mass is 10.2. The van der Waals surface area contributed by atoms with E-state index in [1.54, 1.807) is 0 Å². The molecule has 1 aromatic rings. The minimum Gasteiger partial charge on any atom is -0.461 e. The highest BCUT2D eigenvalue weighted by atomic mass is 35.5. The topological polar surface area (TPSA) is 50.4 Å². The van der Waals surface area contributed by atoms with Crippen LogP contribution in [0, 0.1) is 5.82 Å². The number of cyclic esters (lactones) is 1. The van der Waals surface area contributed by atoms with Crippen molar-refractivity contribution in [2.24, 2.45) is 0 Å². The molecule has 19 heavy (non-hydrogen) atoms. The van der Waals surface area contributed by atoms with Gasteiger partial charge in [0.2, 0.25) is 0 Å². The Hall–Kier alpha value is -1.40. The number of halogens is 2. The zero-order valence-electron chi connectivity index (χ0n) is 10.1. The molecule has 1 heterocycles.